The van der Waals surface area contributed by atoms with Crippen LogP contribution in [0.25, 0.3) is 16.4 Å². The molecule has 0 bridgehead atoms. The second-order valence-corrected chi connectivity index (χ2v) is 10.5. The molecule has 0 saturated carbocycles. The van der Waals surface area contributed by atoms with E-state index in [0.29, 0.717) is 48.7 Å². The van der Waals surface area contributed by atoms with E-state index in [4.69, 9.17) is 4.42 Å². The number of hydrogen-bond donors (Lipinski definition) is 0. The third kappa shape index (κ3) is 4.94. The molecule has 1 amide bonds. The van der Waals surface area contributed by atoms with Gasteiger partial charge in [0.05, 0.1) is 16.3 Å². The second kappa shape index (κ2) is 10.8. The molecule has 0 radical (unpaired) electrons. The smallest absolute Gasteiger partial charge is 0.275 e. The van der Waals surface area contributed by atoms with Crippen LogP contribution in [0.4, 0.5) is 10.1 Å². The van der Waals surface area contributed by atoms with E-state index in [1.54, 1.807) is 28.4 Å². The van der Waals surface area contributed by atoms with Gasteiger partial charge < -0.3 is 14.2 Å². The third-order valence-corrected chi connectivity index (χ3v) is 8.02. The average molecular weight is 547 g/mol. The van der Waals surface area contributed by atoms with Crippen LogP contribution in [-0.2, 0) is 5.75 Å². The number of piperazine rings is 1. The maximum atomic E-state index is 14.1. The molecule has 1 fully saturated rings. The summed E-state index contributed by atoms with van der Waals surface area (Å²) in [5, 5.41) is 11.6. The minimum absolute atomic E-state index is 0.189. The van der Waals surface area contributed by atoms with Gasteiger partial charge in [-0.05, 0) is 35.7 Å². The van der Waals surface area contributed by atoms with Gasteiger partial charge in [-0.3, -0.25) is 9.36 Å². The van der Waals surface area contributed by atoms with Crippen LogP contribution in [0.2, 0.25) is 0 Å². The summed E-state index contributed by atoms with van der Waals surface area (Å²) in [5.41, 5.74) is 1.79. The van der Waals surface area contributed by atoms with Gasteiger partial charge in [0.1, 0.15) is 12.1 Å². The summed E-state index contributed by atoms with van der Waals surface area (Å²) >= 11 is 3.05. The Hall–Kier alpha value is -3.96. The molecule has 0 N–H and O–H groups in total. The zero-order valence-electron chi connectivity index (χ0n) is 20.2. The van der Waals surface area contributed by atoms with Crippen LogP contribution >= 0.6 is 23.1 Å². The predicted octanol–water partition coefficient (Wildman–Crippen LogP) is 5.38. The van der Waals surface area contributed by atoms with Crippen molar-refractivity contribution in [2.24, 2.45) is 0 Å². The highest BCUT2D eigenvalue weighted by atomic mass is 32.2. The molecule has 5 aromatic rings. The Morgan fingerprint density at radius 1 is 0.974 bits per heavy atom. The number of para-hydroxylation sites is 2. The fourth-order valence-electron chi connectivity index (χ4n) is 4.36. The summed E-state index contributed by atoms with van der Waals surface area (Å²) < 4.78 is 21.8. The van der Waals surface area contributed by atoms with Crippen molar-refractivity contribution >= 4 is 34.7 Å². The minimum Gasteiger partial charge on any atom is -0.447 e. The second-order valence-electron chi connectivity index (χ2n) is 8.60. The molecule has 6 rings (SSSR count). The van der Waals surface area contributed by atoms with E-state index in [0.717, 1.165) is 16.4 Å². The number of carbonyl (C=O) groups excluding carboxylic acids is 1. The van der Waals surface area contributed by atoms with Crippen molar-refractivity contribution < 1.29 is 13.6 Å². The summed E-state index contributed by atoms with van der Waals surface area (Å²) in [5.74, 6) is 1.15. The van der Waals surface area contributed by atoms with E-state index in [-0.39, 0.29) is 17.4 Å². The zero-order valence-corrected chi connectivity index (χ0v) is 21.9. The summed E-state index contributed by atoms with van der Waals surface area (Å²) in [4.78, 5) is 22.2. The molecule has 0 spiro atoms. The molecule has 0 atom stereocenters. The van der Waals surface area contributed by atoms with Crippen molar-refractivity contribution in [2.45, 2.75) is 10.9 Å². The average Bonchev–Trinajstić information content (AvgIpc) is 3.73. The number of carbonyl (C=O) groups is 1. The van der Waals surface area contributed by atoms with Crippen LogP contribution in [0.1, 0.15) is 16.4 Å². The van der Waals surface area contributed by atoms with Gasteiger partial charge in [0.25, 0.3) is 5.91 Å². The monoisotopic (exact) mass is 546 g/mol. The van der Waals surface area contributed by atoms with E-state index < -0.39 is 0 Å². The summed E-state index contributed by atoms with van der Waals surface area (Å²) in [6.07, 6.45) is 1.40. The molecule has 8 nitrogen and oxygen atoms in total. The predicted molar refractivity (Wildman–Crippen MR) is 145 cm³/mol. The molecular weight excluding hydrogens is 523 g/mol. The number of hydrogen-bond acceptors (Lipinski definition) is 8. The summed E-state index contributed by atoms with van der Waals surface area (Å²) in [6, 6.07) is 20.7. The number of benzene rings is 2. The lowest BCUT2D eigenvalue weighted by Gasteiger charge is -2.35. The first-order valence-electron chi connectivity index (χ1n) is 12.1. The Kier molecular flexibility index (Phi) is 6.93. The van der Waals surface area contributed by atoms with Crippen LogP contribution in [0.3, 0.4) is 0 Å². The lowest BCUT2D eigenvalue weighted by Crippen LogP contribution is -2.49. The normalized spacial score (nSPS) is 13.7. The molecule has 0 unspecified atom stereocenters. The molecule has 2 aromatic carbocycles. The third-order valence-electron chi connectivity index (χ3n) is 6.24. The van der Waals surface area contributed by atoms with E-state index in [2.05, 4.69) is 15.2 Å². The van der Waals surface area contributed by atoms with E-state index in [1.165, 1.54) is 24.1 Å². The highest BCUT2D eigenvalue weighted by Crippen LogP contribution is 2.31. The molecule has 1 saturated heterocycles. The quantitative estimate of drug-likeness (QED) is 0.254. The highest BCUT2D eigenvalue weighted by molar-refractivity contribution is 7.98. The fourth-order valence-corrected chi connectivity index (χ4v) is 5.86. The zero-order chi connectivity index (χ0) is 25.9. The standard InChI is InChI=1S/C27H23FN6O2S2/c28-20-9-4-5-10-22(20)32-12-14-33(15-13-32)26(35)21-17-36-24(29-21)18-38-27-31-30-25(23-11-6-16-37-23)34(27)19-7-2-1-3-8-19/h1-11,16-17H,12-15,18H2. The van der Waals surface area contributed by atoms with Gasteiger partial charge in [-0.25, -0.2) is 9.37 Å². The number of rotatable bonds is 7. The van der Waals surface area contributed by atoms with Crippen LogP contribution in [-0.4, -0.2) is 56.7 Å². The maximum absolute atomic E-state index is 14.1. The number of aromatic nitrogens is 4. The molecule has 192 valence electrons. The topological polar surface area (TPSA) is 80.3 Å². The molecular formula is C27H23FN6O2S2. The summed E-state index contributed by atoms with van der Waals surface area (Å²) in [6.45, 7) is 2.06. The number of thioether (sulfide) groups is 1. The Balaban J connectivity index is 1.12. The molecule has 4 heterocycles. The van der Waals surface area contributed by atoms with Crippen LogP contribution in [0.15, 0.2) is 87.9 Å². The Labute approximate surface area is 226 Å². The van der Waals surface area contributed by atoms with E-state index in [1.807, 2.05) is 63.4 Å². The van der Waals surface area contributed by atoms with E-state index >= 15 is 0 Å². The van der Waals surface area contributed by atoms with Crippen molar-refractivity contribution in [1.29, 1.82) is 0 Å². The largest absolute Gasteiger partial charge is 0.447 e. The lowest BCUT2D eigenvalue weighted by atomic mass is 10.2. The van der Waals surface area contributed by atoms with Crippen molar-refractivity contribution in [3.05, 3.63) is 95.8 Å². The van der Waals surface area contributed by atoms with Crippen molar-refractivity contribution in [1.82, 2.24) is 24.6 Å². The Bertz CT molecular complexity index is 1530. The number of halogens is 1. The van der Waals surface area contributed by atoms with Crippen molar-refractivity contribution in [3.8, 4) is 16.4 Å². The first-order chi connectivity index (χ1) is 18.7. The molecule has 0 aliphatic carbocycles. The SMILES string of the molecule is O=C(c1coc(CSc2nnc(-c3cccs3)n2-c2ccccc2)n1)N1CCN(c2ccccc2F)CC1. The van der Waals surface area contributed by atoms with Gasteiger partial charge in [-0.1, -0.05) is 48.2 Å². The van der Waals surface area contributed by atoms with Gasteiger partial charge in [-0.15, -0.1) is 21.5 Å². The first kappa shape index (κ1) is 24.4. The first-order valence-corrected chi connectivity index (χ1v) is 13.9. The molecule has 11 heteroatoms. The maximum Gasteiger partial charge on any atom is 0.275 e. The number of thiophene rings is 1. The van der Waals surface area contributed by atoms with Crippen LogP contribution < -0.4 is 4.90 Å². The highest BCUT2D eigenvalue weighted by Gasteiger charge is 2.26. The van der Waals surface area contributed by atoms with Crippen LogP contribution in [0, 0.1) is 5.82 Å². The number of anilines is 1. The van der Waals surface area contributed by atoms with Gasteiger partial charge in [0.15, 0.2) is 16.7 Å². The van der Waals surface area contributed by atoms with Crippen molar-refractivity contribution in [3.63, 3.8) is 0 Å². The number of amides is 1. The van der Waals surface area contributed by atoms with E-state index in [9.17, 15) is 9.18 Å². The molecule has 1 aliphatic heterocycles. The molecule has 1 aliphatic rings. The number of oxazole rings is 1. The van der Waals surface area contributed by atoms with Gasteiger partial charge in [0, 0.05) is 31.9 Å². The van der Waals surface area contributed by atoms with Crippen molar-refractivity contribution in [2.75, 3.05) is 31.1 Å². The fraction of sp³-hybridized carbons (Fsp3) is 0.185. The molecule has 3 aromatic heterocycles. The Morgan fingerprint density at radius 3 is 2.53 bits per heavy atom. The molecule has 38 heavy (non-hydrogen) atoms. The minimum atomic E-state index is -0.253. The van der Waals surface area contributed by atoms with Crippen LogP contribution in [0.5, 0.6) is 0 Å². The number of nitrogens with zero attached hydrogens (tertiary/aromatic N) is 6. The van der Waals surface area contributed by atoms with Gasteiger partial charge in [-0.2, -0.15) is 0 Å². The van der Waals surface area contributed by atoms with Gasteiger partial charge >= 0.3 is 0 Å². The van der Waals surface area contributed by atoms with Gasteiger partial charge in [0.2, 0.25) is 5.89 Å². The Morgan fingerprint density at radius 2 is 1.76 bits per heavy atom. The lowest BCUT2D eigenvalue weighted by molar-refractivity contribution is 0.0740. The summed E-state index contributed by atoms with van der Waals surface area (Å²) in [7, 11) is 0.